The van der Waals surface area contributed by atoms with E-state index in [1.54, 1.807) is 42.2 Å². The minimum atomic E-state index is -2.65. The molecule has 0 bridgehead atoms. The first-order chi connectivity index (χ1) is 22.1. The molecule has 1 aliphatic rings. The van der Waals surface area contributed by atoms with Crippen LogP contribution in [0.5, 0.6) is 17.4 Å². The van der Waals surface area contributed by atoms with Crippen LogP contribution in [0.3, 0.4) is 0 Å². The monoisotopic (exact) mass is 632 g/mol. The van der Waals surface area contributed by atoms with Crippen molar-refractivity contribution in [1.82, 2.24) is 24.6 Å². The molecule has 238 valence electrons. The molecule has 1 aliphatic heterocycles. The highest BCUT2D eigenvalue weighted by molar-refractivity contribution is 6.12. The normalized spacial score (nSPS) is 13.8. The standard InChI is InChI=1S/C33H31F3N6O4/c1-18-11-31(46-28-6-4-3-5-24(28)34)38-16-27(18)42-33(37)23(15-39-42)32(44)26-12-21-13-29(45-17-30(35)36)22(14-25(21)40-26)20-7-9-41(10-8-20)19(2)43/h3-6,11-16,20,30,40H,7-10,17,37H2,1-2H3. The number of carbonyl (C=O) groups excluding carboxylic acids is 2. The highest BCUT2D eigenvalue weighted by Gasteiger charge is 2.27. The molecule has 0 radical (unpaired) electrons. The molecule has 0 atom stereocenters. The lowest BCUT2D eigenvalue weighted by atomic mass is 9.88. The zero-order chi connectivity index (χ0) is 32.5. The van der Waals surface area contributed by atoms with Crippen LogP contribution in [0.1, 0.15) is 52.9 Å². The van der Waals surface area contributed by atoms with Crippen molar-refractivity contribution < 1.29 is 32.2 Å². The number of nitrogens with two attached hydrogens (primary N) is 1. The highest BCUT2D eigenvalue weighted by Crippen LogP contribution is 2.38. The Morgan fingerprint density at radius 2 is 1.85 bits per heavy atom. The Morgan fingerprint density at radius 3 is 2.54 bits per heavy atom. The van der Waals surface area contributed by atoms with Crippen molar-refractivity contribution in [1.29, 1.82) is 0 Å². The number of nitrogens with zero attached hydrogens (tertiary/aromatic N) is 4. The van der Waals surface area contributed by atoms with Gasteiger partial charge in [0.15, 0.2) is 11.6 Å². The number of nitrogens with one attached hydrogen (secondary N) is 1. The van der Waals surface area contributed by atoms with Crippen molar-refractivity contribution in [3.8, 4) is 23.1 Å². The van der Waals surface area contributed by atoms with Gasteiger partial charge < -0.3 is 25.1 Å². The maximum atomic E-state index is 14.0. The first kappa shape index (κ1) is 30.7. The number of rotatable bonds is 9. The maximum absolute atomic E-state index is 14.0. The number of ether oxygens (including phenoxy) is 2. The molecule has 5 aromatic rings. The second-order valence-corrected chi connectivity index (χ2v) is 11.2. The van der Waals surface area contributed by atoms with Gasteiger partial charge in [-0.25, -0.2) is 22.8 Å². The number of aryl methyl sites for hydroxylation is 1. The molecule has 10 nitrogen and oxygen atoms in total. The van der Waals surface area contributed by atoms with Crippen molar-refractivity contribution in [2.24, 2.45) is 0 Å². The van der Waals surface area contributed by atoms with Crippen LogP contribution in [0.4, 0.5) is 19.0 Å². The van der Waals surface area contributed by atoms with Crippen LogP contribution in [0.15, 0.2) is 60.9 Å². The Morgan fingerprint density at radius 1 is 1.09 bits per heavy atom. The summed E-state index contributed by atoms with van der Waals surface area (Å²) in [4.78, 5) is 34.6. The number of fused-ring (bicyclic) bond motifs is 1. The van der Waals surface area contributed by atoms with Crippen LogP contribution in [0, 0.1) is 12.7 Å². The number of aromatic amines is 1. The molecule has 13 heteroatoms. The van der Waals surface area contributed by atoms with Gasteiger partial charge in [-0.2, -0.15) is 5.10 Å². The van der Waals surface area contributed by atoms with E-state index in [0.717, 1.165) is 5.56 Å². The number of amides is 1. The van der Waals surface area contributed by atoms with Gasteiger partial charge in [0.05, 0.1) is 29.3 Å². The minimum absolute atomic E-state index is 0.00427. The molecular formula is C33H31F3N6O4. The molecule has 0 unspecified atom stereocenters. The number of hydrogen-bond donors (Lipinski definition) is 2. The Hall–Kier alpha value is -5.33. The van der Waals surface area contributed by atoms with Crippen LogP contribution in [-0.2, 0) is 4.79 Å². The van der Waals surface area contributed by atoms with Crippen LogP contribution in [-0.4, -0.2) is 62.5 Å². The largest absolute Gasteiger partial charge is 0.487 e. The van der Waals surface area contributed by atoms with Crippen molar-refractivity contribution in [2.75, 3.05) is 25.4 Å². The van der Waals surface area contributed by atoms with Crippen LogP contribution in [0.25, 0.3) is 16.6 Å². The summed E-state index contributed by atoms with van der Waals surface area (Å²) in [7, 11) is 0. The molecule has 2 aromatic carbocycles. The number of piperidine rings is 1. The number of halogens is 3. The fourth-order valence-electron chi connectivity index (χ4n) is 5.71. The second kappa shape index (κ2) is 12.6. The van der Waals surface area contributed by atoms with E-state index in [2.05, 4.69) is 15.1 Å². The summed E-state index contributed by atoms with van der Waals surface area (Å²) in [6.07, 6.45) is 1.49. The van der Waals surface area contributed by atoms with Gasteiger partial charge in [0, 0.05) is 37.0 Å². The predicted octanol–water partition coefficient (Wildman–Crippen LogP) is 6.17. The van der Waals surface area contributed by atoms with E-state index in [0.29, 0.717) is 53.8 Å². The molecule has 1 amide bonds. The van der Waals surface area contributed by atoms with Crippen LogP contribution < -0.4 is 15.2 Å². The van der Waals surface area contributed by atoms with Crippen molar-refractivity contribution >= 4 is 28.4 Å². The van der Waals surface area contributed by atoms with Crippen molar-refractivity contribution in [2.45, 2.75) is 39.0 Å². The number of benzene rings is 2. The number of pyridine rings is 1. The van der Waals surface area contributed by atoms with Crippen molar-refractivity contribution in [3.63, 3.8) is 0 Å². The zero-order valence-electron chi connectivity index (χ0n) is 25.1. The van der Waals surface area contributed by atoms with E-state index >= 15 is 0 Å². The molecule has 6 rings (SSSR count). The summed E-state index contributed by atoms with van der Waals surface area (Å²) in [6.45, 7) is 3.65. The summed E-state index contributed by atoms with van der Waals surface area (Å²) in [5, 5.41) is 4.93. The van der Waals surface area contributed by atoms with Crippen LogP contribution in [0.2, 0.25) is 0 Å². The first-order valence-electron chi connectivity index (χ1n) is 14.7. The van der Waals surface area contributed by atoms with Gasteiger partial charge in [0.2, 0.25) is 17.6 Å². The van der Waals surface area contributed by atoms with Gasteiger partial charge in [-0.15, -0.1) is 0 Å². The molecule has 4 heterocycles. The first-order valence-corrected chi connectivity index (χ1v) is 14.7. The highest BCUT2D eigenvalue weighted by atomic mass is 19.3. The number of likely N-dealkylation sites (tertiary alicyclic amines) is 1. The van der Waals surface area contributed by atoms with E-state index in [9.17, 15) is 22.8 Å². The average Bonchev–Trinajstić information content (AvgIpc) is 3.63. The Balaban J connectivity index is 1.27. The fraction of sp³-hybridized carbons (Fsp3) is 0.273. The van der Waals surface area contributed by atoms with Gasteiger partial charge >= 0.3 is 0 Å². The number of ketones is 1. The quantitative estimate of drug-likeness (QED) is 0.186. The third kappa shape index (κ3) is 6.12. The minimum Gasteiger partial charge on any atom is -0.487 e. The molecule has 0 spiro atoms. The van der Waals surface area contributed by atoms with Crippen molar-refractivity contribution in [3.05, 3.63) is 89.1 Å². The van der Waals surface area contributed by atoms with Gasteiger partial charge in [0.25, 0.3) is 6.43 Å². The number of carbonyl (C=O) groups is 2. The molecule has 1 fully saturated rings. The molecule has 0 aliphatic carbocycles. The smallest absolute Gasteiger partial charge is 0.272 e. The Labute approximate surface area is 261 Å². The third-order valence-corrected chi connectivity index (χ3v) is 8.13. The summed E-state index contributed by atoms with van der Waals surface area (Å²) in [5.41, 5.74) is 9.31. The van der Waals surface area contributed by atoms with Crippen LogP contribution >= 0.6 is 0 Å². The molecular weight excluding hydrogens is 601 g/mol. The summed E-state index contributed by atoms with van der Waals surface area (Å²) < 4.78 is 52.7. The second-order valence-electron chi connectivity index (χ2n) is 11.2. The lowest BCUT2D eigenvalue weighted by Crippen LogP contribution is -2.36. The maximum Gasteiger partial charge on any atom is 0.272 e. The van der Waals surface area contributed by atoms with E-state index in [4.69, 9.17) is 15.2 Å². The third-order valence-electron chi connectivity index (χ3n) is 8.13. The topological polar surface area (TPSA) is 128 Å². The summed E-state index contributed by atoms with van der Waals surface area (Å²) >= 11 is 0. The predicted molar refractivity (Wildman–Crippen MR) is 164 cm³/mol. The van der Waals surface area contributed by atoms with Gasteiger partial charge in [0.1, 0.15) is 18.2 Å². The molecule has 0 saturated carbocycles. The summed E-state index contributed by atoms with van der Waals surface area (Å²) in [6, 6.07) is 12.7. The number of hydrogen-bond acceptors (Lipinski definition) is 7. The van der Waals surface area contributed by atoms with E-state index in [1.807, 2.05) is 6.07 Å². The SMILES string of the molecule is CC(=O)N1CCC(c2cc3[nH]c(C(=O)c4cnn(-c5cnc(Oc6ccccc6F)cc5C)c4N)cc3cc2OCC(F)F)CC1. The molecule has 46 heavy (non-hydrogen) atoms. The lowest BCUT2D eigenvalue weighted by molar-refractivity contribution is -0.129. The number of anilines is 1. The zero-order valence-corrected chi connectivity index (χ0v) is 25.1. The number of para-hydroxylation sites is 1. The Kier molecular flexibility index (Phi) is 8.39. The van der Waals surface area contributed by atoms with Gasteiger partial charge in [-0.05, 0) is 67.1 Å². The average molecular weight is 633 g/mol. The number of alkyl halides is 2. The van der Waals surface area contributed by atoms with Gasteiger partial charge in [-0.1, -0.05) is 12.1 Å². The van der Waals surface area contributed by atoms with Gasteiger partial charge in [-0.3, -0.25) is 9.59 Å². The molecule has 1 saturated heterocycles. The molecule has 3 N–H and O–H groups in total. The fourth-order valence-corrected chi connectivity index (χ4v) is 5.71. The number of aromatic nitrogens is 4. The lowest BCUT2D eigenvalue weighted by Gasteiger charge is -2.32. The Bertz CT molecular complexity index is 1930. The number of nitrogen functional groups attached to an aromatic ring is 1. The van der Waals surface area contributed by atoms with E-state index in [-0.39, 0.29) is 40.5 Å². The summed E-state index contributed by atoms with van der Waals surface area (Å²) in [5.74, 6) is -0.348. The van der Waals surface area contributed by atoms with E-state index < -0.39 is 24.6 Å². The van der Waals surface area contributed by atoms with E-state index in [1.165, 1.54) is 36.1 Å². The number of H-pyrrole nitrogens is 1. The molecule has 3 aromatic heterocycles.